The zero-order valence-corrected chi connectivity index (χ0v) is 14.2. The van der Waals surface area contributed by atoms with E-state index in [1.165, 1.54) is 10.9 Å². The van der Waals surface area contributed by atoms with Crippen LogP contribution in [-0.2, 0) is 13.0 Å². The van der Waals surface area contributed by atoms with E-state index in [2.05, 4.69) is 60.2 Å². The number of hydrogen-bond donors (Lipinski definition) is 3. The molecule has 0 aliphatic rings. The number of benzene rings is 1. The van der Waals surface area contributed by atoms with E-state index in [1.807, 2.05) is 18.2 Å². The largest absolute Gasteiger partial charge is 0.365 e. The van der Waals surface area contributed by atoms with Gasteiger partial charge in [0.1, 0.15) is 0 Å². The maximum Gasteiger partial charge on any atom is 0.244 e. The highest BCUT2D eigenvalue weighted by atomic mass is 15.3. The monoisotopic (exact) mass is 345 g/mol. The summed E-state index contributed by atoms with van der Waals surface area (Å²) < 4.78 is 0. The molecule has 0 amide bonds. The van der Waals surface area contributed by atoms with Crippen molar-refractivity contribution in [2.75, 3.05) is 17.2 Å². The average Bonchev–Trinajstić information content (AvgIpc) is 3.11. The number of aromatic nitrogens is 5. The number of nitrogens with one attached hydrogen (secondary N) is 3. The summed E-state index contributed by atoms with van der Waals surface area (Å²) in [7, 11) is 0. The third-order valence-corrected chi connectivity index (χ3v) is 4.13. The standard InChI is InChI=1S/C19H19N7/c1-2-4-17-16(3-1)15(12-22-17)7-10-21-19-25-18(13-24-26-19)23-11-14-5-8-20-9-6-14/h1-6,8-9,12-13,22H,7,10-11H2,(H2,21,23,25,26). The van der Waals surface area contributed by atoms with Gasteiger partial charge in [0.15, 0.2) is 5.82 Å². The minimum Gasteiger partial charge on any atom is -0.365 e. The van der Waals surface area contributed by atoms with Crippen LogP contribution in [-0.4, -0.2) is 31.7 Å². The van der Waals surface area contributed by atoms with Gasteiger partial charge in [-0.15, -0.1) is 5.10 Å². The maximum atomic E-state index is 4.45. The van der Waals surface area contributed by atoms with Gasteiger partial charge in [-0.2, -0.15) is 10.1 Å². The van der Waals surface area contributed by atoms with Gasteiger partial charge in [-0.3, -0.25) is 4.98 Å². The number of pyridine rings is 1. The van der Waals surface area contributed by atoms with E-state index in [1.54, 1.807) is 18.6 Å². The number of hydrogen-bond acceptors (Lipinski definition) is 6. The molecule has 0 aliphatic heterocycles. The lowest BCUT2D eigenvalue weighted by atomic mass is 10.1. The van der Waals surface area contributed by atoms with E-state index in [0.717, 1.165) is 24.0 Å². The third-order valence-electron chi connectivity index (χ3n) is 4.13. The first kappa shape index (κ1) is 16.0. The first-order chi connectivity index (χ1) is 12.9. The Morgan fingerprint density at radius 2 is 1.88 bits per heavy atom. The Bertz CT molecular complexity index is 981. The number of H-pyrrole nitrogens is 1. The van der Waals surface area contributed by atoms with Gasteiger partial charge < -0.3 is 15.6 Å². The Balaban J connectivity index is 1.33. The predicted octanol–water partition coefficient (Wildman–Crippen LogP) is 3.01. The van der Waals surface area contributed by atoms with Crippen LogP contribution in [0.3, 0.4) is 0 Å². The molecule has 130 valence electrons. The van der Waals surface area contributed by atoms with Crippen molar-refractivity contribution in [2.45, 2.75) is 13.0 Å². The fourth-order valence-electron chi connectivity index (χ4n) is 2.80. The van der Waals surface area contributed by atoms with Crippen LogP contribution in [0.4, 0.5) is 11.8 Å². The van der Waals surface area contributed by atoms with E-state index in [9.17, 15) is 0 Å². The second kappa shape index (κ2) is 7.60. The van der Waals surface area contributed by atoms with Crippen molar-refractivity contribution in [1.29, 1.82) is 0 Å². The van der Waals surface area contributed by atoms with Gasteiger partial charge in [-0.05, 0) is 35.7 Å². The van der Waals surface area contributed by atoms with Crippen LogP contribution < -0.4 is 10.6 Å². The van der Waals surface area contributed by atoms with Crippen LogP contribution in [0, 0.1) is 0 Å². The molecule has 4 rings (SSSR count). The molecule has 7 heteroatoms. The van der Waals surface area contributed by atoms with Crippen LogP contribution in [0.2, 0.25) is 0 Å². The normalized spacial score (nSPS) is 10.8. The van der Waals surface area contributed by atoms with Gasteiger partial charge in [0.05, 0.1) is 6.20 Å². The van der Waals surface area contributed by atoms with E-state index < -0.39 is 0 Å². The first-order valence-electron chi connectivity index (χ1n) is 8.50. The van der Waals surface area contributed by atoms with Crippen molar-refractivity contribution in [2.24, 2.45) is 0 Å². The van der Waals surface area contributed by atoms with Gasteiger partial charge in [0.25, 0.3) is 0 Å². The van der Waals surface area contributed by atoms with Crippen LogP contribution in [0.15, 0.2) is 61.2 Å². The highest BCUT2D eigenvalue weighted by Crippen LogP contribution is 2.18. The van der Waals surface area contributed by atoms with Crippen molar-refractivity contribution in [3.05, 3.63) is 72.3 Å². The summed E-state index contributed by atoms with van der Waals surface area (Å²) >= 11 is 0. The lowest BCUT2D eigenvalue weighted by Crippen LogP contribution is -2.10. The van der Waals surface area contributed by atoms with Gasteiger partial charge in [0, 0.05) is 42.6 Å². The van der Waals surface area contributed by atoms with Gasteiger partial charge in [-0.25, -0.2) is 0 Å². The molecule has 0 atom stereocenters. The zero-order chi connectivity index (χ0) is 17.6. The molecule has 0 radical (unpaired) electrons. The molecule has 0 unspecified atom stereocenters. The molecule has 0 aliphatic carbocycles. The molecule has 0 spiro atoms. The Kier molecular flexibility index (Phi) is 4.68. The number of nitrogens with zero attached hydrogens (tertiary/aromatic N) is 4. The quantitative estimate of drug-likeness (QED) is 0.477. The summed E-state index contributed by atoms with van der Waals surface area (Å²) in [6.07, 6.45) is 8.09. The van der Waals surface area contributed by atoms with Crippen molar-refractivity contribution >= 4 is 22.7 Å². The topological polar surface area (TPSA) is 91.4 Å². The summed E-state index contributed by atoms with van der Waals surface area (Å²) in [5.74, 6) is 1.20. The molecule has 3 heterocycles. The minimum atomic E-state index is 0.518. The molecule has 3 N–H and O–H groups in total. The molecule has 0 saturated heterocycles. The van der Waals surface area contributed by atoms with E-state index in [-0.39, 0.29) is 0 Å². The molecule has 4 aromatic rings. The molecule has 1 aromatic carbocycles. The van der Waals surface area contributed by atoms with E-state index >= 15 is 0 Å². The summed E-state index contributed by atoms with van der Waals surface area (Å²) in [5.41, 5.74) is 3.56. The molecule has 0 bridgehead atoms. The van der Waals surface area contributed by atoms with Crippen molar-refractivity contribution in [1.82, 2.24) is 25.1 Å². The van der Waals surface area contributed by atoms with Crippen LogP contribution in [0.25, 0.3) is 10.9 Å². The molecular weight excluding hydrogens is 326 g/mol. The van der Waals surface area contributed by atoms with Crippen LogP contribution in [0.1, 0.15) is 11.1 Å². The Labute approximate surface area is 150 Å². The summed E-state index contributed by atoms with van der Waals surface area (Å²) in [6.45, 7) is 1.40. The second-order valence-electron chi connectivity index (χ2n) is 5.91. The number of rotatable bonds is 7. The fourth-order valence-corrected chi connectivity index (χ4v) is 2.80. The number of anilines is 2. The van der Waals surface area contributed by atoms with Crippen LogP contribution >= 0.6 is 0 Å². The summed E-state index contributed by atoms with van der Waals surface area (Å²) in [6, 6.07) is 12.2. The average molecular weight is 345 g/mol. The zero-order valence-electron chi connectivity index (χ0n) is 14.2. The Morgan fingerprint density at radius 3 is 2.81 bits per heavy atom. The number of fused-ring (bicyclic) bond motifs is 1. The van der Waals surface area contributed by atoms with Crippen molar-refractivity contribution in [3.8, 4) is 0 Å². The SMILES string of the molecule is c1ccc2c(CCNc3nncc(NCc4ccncc4)n3)c[nH]c2c1. The third kappa shape index (κ3) is 3.77. The predicted molar refractivity (Wildman–Crippen MR) is 102 cm³/mol. The van der Waals surface area contributed by atoms with Gasteiger partial charge >= 0.3 is 0 Å². The molecular formula is C19H19N7. The molecule has 0 fully saturated rings. The minimum absolute atomic E-state index is 0.518. The van der Waals surface area contributed by atoms with Crippen LogP contribution in [0.5, 0.6) is 0 Å². The van der Waals surface area contributed by atoms with Gasteiger partial charge in [0.2, 0.25) is 5.95 Å². The second-order valence-corrected chi connectivity index (χ2v) is 5.91. The van der Waals surface area contributed by atoms with Gasteiger partial charge in [-0.1, -0.05) is 18.2 Å². The Hall–Kier alpha value is -3.48. The highest BCUT2D eigenvalue weighted by Gasteiger charge is 2.04. The number of para-hydroxylation sites is 1. The first-order valence-corrected chi connectivity index (χ1v) is 8.50. The smallest absolute Gasteiger partial charge is 0.244 e. The lowest BCUT2D eigenvalue weighted by molar-refractivity contribution is 0.923. The number of aromatic amines is 1. The Morgan fingerprint density at radius 1 is 1.00 bits per heavy atom. The van der Waals surface area contributed by atoms with E-state index in [4.69, 9.17) is 0 Å². The van der Waals surface area contributed by atoms with E-state index in [0.29, 0.717) is 18.3 Å². The lowest BCUT2D eigenvalue weighted by Gasteiger charge is -2.07. The molecule has 0 saturated carbocycles. The molecule has 26 heavy (non-hydrogen) atoms. The van der Waals surface area contributed by atoms with Crippen molar-refractivity contribution in [3.63, 3.8) is 0 Å². The molecule has 7 nitrogen and oxygen atoms in total. The van der Waals surface area contributed by atoms with Crippen molar-refractivity contribution < 1.29 is 0 Å². The fraction of sp³-hybridized carbons (Fsp3) is 0.158. The summed E-state index contributed by atoms with van der Waals surface area (Å²) in [4.78, 5) is 11.8. The maximum absolute atomic E-state index is 4.45. The molecule has 3 aromatic heterocycles. The summed E-state index contributed by atoms with van der Waals surface area (Å²) in [5, 5.41) is 15.8. The highest BCUT2D eigenvalue weighted by molar-refractivity contribution is 5.83.